The van der Waals surface area contributed by atoms with E-state index in [1.54, 1.807) is 26.2 Å². The van der Waals surface area contributed by atoms with Crippen LogP contribution in [0, 0.1) is 12.7 Å². The highest BCUT2D eigenvalue weighted by Crippen LogP contribution is 2.24. The fourth-order valence-electron chi connectivity index (χ4n) is 3.32. The highest BCUT2D eigenvalue weighted by molar-refractivity contribution is 5.78. The zero-order valence-electron chi connectivity index (χ0n) is 17.2. The molecule has 1 N–H and O–H groups in total. The summed E-state index contributed by atoms with van der Waals surface area (Å²) in [6.45, 7) is 8.36. The lowest BCUT2D eigenvalue weighted by atomic mass is 10.1. The third-order valence-corrected chi connectivity index (χ3v) is 5.17. The Kier molecular flexibility index (Phi) is 7.29. The van der Waals surface area contributed by atoms with E-state index in [1.165, 1.54) is 6.07 Å². The van der Waals surface area contributed by atoms with Gasteiger partial charge in [0.25, 0.3) is 0 Å². The van der Waals surface area contributed by atoms with Crippen molar-refractivity contribution >= 4 is 5.91 Å². The zero-order chi connectivity index (χ0) is 20.8. The number of halogens is 1. The second-order valence-corrected chi connectivity index (χ2v) is 7.25. The molecular weight excluding hydrogens is 377 g/mol. The fraction of sp³-hybridized carbons (Fsp3) is 0.550. The van der Waals surface area contributed by atoms with E-state index in [0.717, 1.165) is 31.7 Å². The number of amides is 1. The van der Waals surface area contributed by atoms with E-state index in [9.17, 15) is 9.18 Å². The fourth-order valence-corrected chi connectivity index (χ4v) is 3.32. The summed E-state index contributed by atoms with van der Waals surface area (Å²) in [5, 5.41) is 6.89. The van der Waals surface area contributed by atoms with Gasteiger partial charge in [0.15, 0.2) is 0 Å². The molecule has 9 heteroatoms. The summed E-state index contributed by atoms with van der Waals surface area (Å²) in [5.74, 6) is 0.754. The number of carbonyl (C=O) groups is 1. The number of hydrogen-bond donors (Lipinski definition) is 1. The molecular formula is C20H28FN5O3. The molecule has 8 nitrogen and oxygen atoms in total. The molecule has 1 aromatic heterocycles. The maximum atomic E-state index is 13.5. The number of nitrogens with zero attached hydrogens (tertiary/aromatic N) is 4. The first-order valence-corrected chi connectivity index (χ1v) is 9.80. The van der Waals surface area contributed by atoms with Gasteiger partial charge in [-0.3, -0.25) is 14.6 Å². The third-order valence-electron chi connectivity index (χ3n) is 5.17. The molecule has 2 heterocycles. The van der Waals surface area contributed by atoms with E-state index >= 15 is 0 Å². The maximum absolute atomic E-state index is 13.5. The first-order chi connectivity index (χ1) is 14.0. The van der Waals surface area contributed by atoms with E-state index in [4.69, 9.17) is 9.26 Å². The molecule has 0 aliphatic carbocycles. The summed E-state index contributed by atoms with van der Waals surface area (Å²) in [4.78, 5) is 20.8. The van der Waals surface area contributed by atoms with Gasteiger partial charge in [-0.2, -0.15) is 4.98 Å². The molecule has 1 unspecified atom stereocenters. The van der Waals surface area contributed by atoms with Gasteiger partial charge in [0.05, 0.1) is 19.2 Å². The van der Waals surface area contributed by atoms with Crippen LogP contribution in [0.5, 0.6) is 0 Å². The second kappa shape index (κ2) is 9.91. The summed E-state index contributed by atoms with van der Waals surface area (Å²) < 4.78 is 23.9. The van der Waals surface area contributed by atoms with Gasteiger partial charge < -0.3 is 14.6 Å². The Labute approximate surface area is 170 Å². The number of methoxy groups -OCH3 is 1. The molecule has 2 aromatic rings. The number of piperazine rings is 1. The smallest absolute Gasteiger partial charge is 0.244 e. The van der Waals surface area contributed by atoms with E-state index in [2.05, 4.69) is 25.3 Å². The van der Waals surface area contributed by atoms with Crippen LogP contribution in [0.4, 0.5) is 4.39 Å². The minimum Gasteiger partial charge on any atom is -0.383 e. The number of nitrogens with one attached hydrogen (secondary N) is 1. The van der Waals surface area contributed by atoms with Crippen molar-refractivity contribution in [3.8, 4) is 11.4 Å². The normalized spacial score (nSPS) is 16.7. The molecule has 29 heavy (non-hydrogen) atoms. The van der Waals surface area contributed by atoms with Gasteiger partial charge in [-0.05, 0) is 37.6 Å². The van der Waals surface area contributed by atoms with Gasteiger partial charge in [-0.1, -0.05) is 5.16 Å². The molecule has 0 spiro atoms. The van der Waals surface area contributed by atoms with Crippen molar-refractivity contribution in [3.63, 3.8) is 0 Å². The summed E-state index contributed by atoms with van der Waals surface area (Å²) in [7, 11) is 1.61. The van der Waals surface area contributed by atoms with E-state index in [1.807, 2.05) is 6.92 Å². The lowest BCUT2D eigenvalue weighted by molar-refractivity contribution is -0.122. The first-order valence-electron chi connectivity index (χ1n) is 9.80. The highest BCUT2D eigenvalue weighted by Gasteiger charge is 2.26. The number of aromatic nitrogens is 2. The number of hydrogen-bond acceptors (Lipinski definition) is 7. The van der Waals surface area contributed by atoms with Crippen LogP contribution >= 0.6 is 0 Å². The van der Waals surface area contributed by atoms with Crippen LogP contribution in [0.25, 0.3) is 11.4 Å². The quantitative estimate of drug-likeness (QED) is 0.668. The molecule has 1 aromatic carbocycles. The Morgan fingerprint density at radius 3 is 2.79 bits per heavy atom. The summed E-state index contributed by atoms with van der Waals surface area (Å²) in [6, 6.07) is 4.74. The van der Waals surface area contributed by atoms with Crippen LogP contribution < -0.4 is 5.32 Å². The lowest BCUT2D eigenvalue weighted by Crippen LogP contribution is -2.50. The molecule has 1 atom stereocenters. The van der Waals surface area contributed by atoms with Gasteiger partial charge in [0.2, 0.25) is 17.6 Å². The SMILES string of the molecule is COCCNC(=O)CN1CCN(C(C)c2nc(-c3ccc(F)c(C)c3)no2)CC1. The number of rotatable bonds is 8. The second-order valence-electron chi connectivity index (χ2n) is 7.25. The average Bonchev–Trinajstić information content (AvgIpc) is 3.20. The monoisotopic (exact) mass is 405 g/mol. The largest absolute Gasteiger partial charge is 0.383 e. The predicted molar refractivity (Wildman–Crippen MR) is 106 cm³/mol. The van der Waals surface area contributed by atoms with Crippen LogP contribution in [-0.2, 0) is 9.53 Å². The molecule has 1 aliphatic rings. The maximum Gasteiger partial charge on any atom is 0.244 e. The zero-order valence-corrected chi connectivity index (χ0v) is 17.2. The molecule has 1 aliphatic heterocycles. The first kappa shape index (κ1) is 21.4. The molecule has 1 amide bonds. The van der Waals surface area contributed by atoms with Crippen LogP contribution in [0.1, 0.15) is 24.4 Å². The number of carbonyl (C=O) groups excluding carboxylic acids is 1. The molecule has 1 saturated heterocycles. The standard InChI is InChI=1S/C20H28FN5O3/c1-14-12-16(4-5-17(14)21)19-23-20(29-24-19)15(2)26-9-7-25(8-10-26)13-18(27)22-6-11-28-3/h4-5,12,15H,6-11,13H2,1-3H3,(H,22,27). The van der Waals surface area contributed by atoms with Gasteiger partial charge in [-0.15, -0.1) is 0 Å². The van der Waals surface area contributed by atoms with Crippen LogP contribution in [0.15, 0.2) is 22.7 Å². The van der Waals surface area contributed by atoms with E-state index in [0.29, 0.717) is 37.0 Å². The molecule has 0 bridgehead atoms. The summed E-state index contributed by atoms with van der Waals surface area (Å²) >= 11 is 0. The topological polar surface area (TPSA) is 83.7 Å². The highest BCUT2D eigenvalue weighted by atomic mass is 19.1. The minimum atomic E-state index is -0.254. The lowest BCUT2D eigenvalue weighted by Gasteiger charge is -2.36. The van der Waals surface area contributed by atoms with Crippen molar-refractivity contribution in [2.75, 3.05) is 53.0 Å². The van der Waals surface area contributed by atoms with Crippen molar-refractivity contribution in [1.82, 2.24) is 25.3 Å². The predicted octanol–water partition coefficient (Wildman–Crippen LogP) is 1.63. The molecule has 1 fully saturated rings. The van der Waals surface area contributed by atoms with Crippen molar-refractivity contribution < 1.29 is 18.4 Å². The van der Waals surface area contributed by atoms with Crippen molar-refractivity contribution in [1.29, 1.82) is 0 Å². The molecule has 3 rings (SSSR count). The Bertz CT molecular complexity index is 820. The Morgan fingerprint density at radius 2 is 2.10 bits per heavy atom. The minimum absolute atomic E-state index is 0.0136. The average molecular weight is 405 g/mol. The van der Waals surface area contributed by atoms with Gasteiger partial charge >= 0.3 is 0 Å². The van der Waals surface area contributed by atoms with Crippen molar-refractivity contribution in [3.05, 3.63) is 35.5 Å². The Balaban J connectivity index is 1.52. The Hall–Kier alpha value is -2.36. The van der Waals surface area contributed by atoms with E-state index < -0.39 is 0 Å². The number of benzene rings is 1. The van der Waals surface area contributed by atoms with Gasteiger partial charge in [0, 0.05) is 45.4 Å². The molecule has 0 saturated carbocycles. The van der Waals surface area contributed by atoms with Crippen LogP contribution in [-0.4, -0.2) is 78.8 Å². The molecule has 158 valence electrons. The van der Waals surface area contributed by atoms with E-state index in [-0.39, 0.29) is 17.8 Å². The van der Waals surface area contributed by atoms with Crippen LogP contribution in [0.2, 0.25) is 0 Å². The number of aryl methyl sites for hydroxylation is 1. The third kappa shape index (κ3) is 5.59. The van der Waals surface area contributed by atoms with Crippen molar-refractivity contribution in [2.24, 2.45) is 0 Å². The van der Waals surface area contributed by atoms with Gasteiger partial charge in [0.1, 0.15) is 5.82 Å². The van der Waals surface area contributed by atoms with Crippen LogP contribution in [0.3, 0.4) is 0 Å². The van der Waals surface area contributed by atoms with Crippen molar-refractivity contribution in [2.45, 2.75) is 19.9 Å². The number of ether oxygens (including phenoxy) is 1. The summed E-state index contributed by atoms with van der Waals surface area (Å²) in [6.07, 6.45) is 0. The van der Waals surface area contributed by atoms with Gasteiger partial charge in [-0.25, -0.2) is 4.39 Å². The summed E-state index contributed by atoms with van der Waals surface area (Å²) in [5.41, 5.74) is 1.28. The molecule has 0 radical (unpaired) electrons. The Morgan fingerprint density at radius 1 is 1.34 bits per heavy atom.